The van der Waals surface area contributed by atoms with E-state index in [1.807, 2.05) is 36.9 Å². The predicted octanol–water partition coefficient (Wildman–Crippen LogP) is 1.16. The molecule has 1 rings (SSSR count). The summed E-state index contributed by atoms with van der Waals surface area (Å²) in [5, 5.41) is 15.3. The SMILES string of the molecule is CCCNC(=O)NCCC(O)c1cccn1C. The number of urea groups is 1. The van der Waals surface area contributed by atoms with Gasteiger partial charge >= 0.3 is 6.03 Å². The van der Waals surface area contributed by atoms with Crippen LogP contribution in [0.1, 0.15) is 31.6 Å². The van der Waals surface area contributed by atoms with E-state index in [-0.39, 0.29) is 6.03 Å². The van der Waals surface area contributed by atoms with E-state index < -0.39 is 6.10 Å². The number of carbonyl (C=O) groups excluding carboxylic acids is 1. The highest BCUT2D eigenvalue weighted by Gasteiger charge is 2.10. The zero-order valence-electron chi connectivity index (χ0n) is 10.4. The molecule has 0 aromatic carbocycles. The minimum absolute atomic E-state index is 0.175. The first-order valence-electron chi connectivity index (χ1n) is 5.96. The van der Waals surface area contributed by atoms with Gasteiger partial charge in [-0.1, -0.05) is 6.92 Å². The van der Waals surface area contributed by atoms with Crippen LogP contribution < -0.4 is 10.6 Å². The summed E-state index contributed by atoms with van der Waals surface area (Å²) in [5.74, 6) is 0. The van der Waals surface area contributed by atoms with Gasteiger partial charge in [-0.3, -0.25) is 0 Å². The first-order chi connectivity index (χ1) is 8.15. The Morgan fingerprint density at radius 3 is 2.76 bits per heavy atom. The third-order valence-electron chi connectivity index (χ3n) is 2.56. The fourth-order valence-electron chi connectivity index (χ4n) is 1.59. The van der Waals surface area contributed by atoms with Crippen LogP contribution in [0.5, 0.6) is 0 Å². The lowest BCUT2D eigenvalue weighted by Gasteiger charge is -2.12. The van der Waals surface area contributed by atoms with Crippen molar-refractivity contribution in [3.8, 4) is 0 Å². The molecule has 96 valence electrons. The zero-order valence-corrected chi connectivity index (χ0v) is 10.4. The van der Waals surface area contributed by atoms with E-state index >= 15 is 0 Å². The smallest absolute Gasteiger partial charge is 0.314 e. The molecule has 0 saturated carbocycles. The normalized spacial score (nSPS) is 12.2. The van der Waals surface area contributed by atoms with Crippen molar-refractivity contribution in [2.45, 2.75) is 25.9 Å². The number of rotatable bonds is 6. The number of aliphatic hydroxyl groups is 1. The quantitative estimate of drug-likeness (QED) is 0.697. The molecule has 0 spiro atoms. The summed E-state index contributed by atoms with van der Waals surface area (Å²) >= 11 is 0. The molecule has 1 aromatic heterocycles. The lowest BCUT2D eigenvalue weighted by molar-refractivity contribution is 0.159. The maximum atomic E-state index is 11.2. The number of nitrogens with one attached hydrogen (secondary N) is 2. The minimum atomic E-state index is -0.540. The van der Waals surface area contributed by atoms with E-state index in [1.165, 1.54) is 0 Å². The molecule has 0 aliphatic carbocycles. The molecule has 0 aliphatic rings. The maximum absolute atomic E-state index is 11.2. The Morgan fingerprint density at radius 1 is 1.47 bits per heavy atom. The third-order valence-corrected chi connectivity index (χ3v) is 2.56. The van der Waals surface area contributed by atoms with Gasteiger partial charge < -0.3 is 20.3 Å². The van der Waals surface area contributed by atoms with Gasteiger partial charge in [0.05, 0.1) is 6.10 Å². The van der Waals surface area contributed by atoms with E-state index in [0.29, 0.717) is 19.5 Å². The fourth-order valence-corrected chi connectivity index (χ4v) is 1.59. The molecule has 3 N–H and O–H groups in total. The summed E-state index contributed by atoms with van der Waals surface area (Å²) in [6.07, 6.45) is 2.78. The first-order valence-corrected chi connectivity index (χ1v) is 5.96. The van der Waals surface area contributed by atoms with Crippen LogP contribution in [0.4, 0.5) is 4.79 Å². The summed E-state index contributed by atoms with van der Waals surface area (Å²) in [5.41, 5.74) is 0.862. The molecule has 1 atom stereocenters. The summed E-state index contributed by atoms with van der Waals surface area (Å²) in [6.45, 7) is 3.13. The van der Waals surface area contributed by atoms with Crippen LogP contribution in [0.15, 0.2) is 18.3 Å². The number of aryl methyl sites for hydroxylation is 1. The first kappa shape index (κ1) is 13.6. The highest BCUT2D eigenvalue weighted by Crippen LogP contribution is 2.15. The van der Waals surface area contributed by atoms with Crippen molar-refractivity contribution in [3.63, 3.8) is 0 Å². The predicted molar refractivity (Wildman–Crippen MR) is 66.7 cm³/mol. The van der Waals surface area contributed by atoms with Gasteiger partial charge in [0.2, 0.25) is 0 Å². The standard InChI is InChI=1S/C12H21N3O2/c1-3-7-13-12(17)14-8-6-11(16)10-5-4-9-15(10)2/h4-5,9,11,16H,3,6-8H2,1-2H3,(H2,13,14,17). The number of hydrogen-bond acceptors (Lipinski definition) is 2. The van der Waals surface area contributed by atoms with Crippen LogP contribution in [-0.4, -0.2) is 28.8 Å². The largest absolute Gasteiger partial charge is 0.387 e. The van der Waals surface area contributed by atoms with E-state index in [4.69, 9.17) is 0 Å². The van der Waals surface area contributed by atoms with Gasteiger partial charge in [0.15, 0.2) is 0 Å². The van der Waals surface area contributed by atoms with Crippen molar-refractivity contribution >= 4 is 6.03 Å². The molecule has 0 aliphatic heterocycles. The number of aromatic nitrogens is 1. The van der Waals surface area contributed by atoms with Crippen molar-refractivity contribution in [1.82, 2.24) is 15.2 Å². The highest BCUT2D eigenvalue weighted by molar-refractivity contribution is 5.73. The number of carbonyl (C=O) groups is 1. The van der Waals surface area contributed by atoms with Gasteiger partial charge in [0.1, 0.15) is 0 Å². The van der Waals surface area contributed by atoms with Gasteiger partial charge in [0.25, 0.3) is 0 Å². The summed E-state index contributed by atoms with van der Waals surface area (Å²) in [7, 11) is 1.89. The summed E-state index contributed by atoms with van der Waals surface area (Å²) in [4.78, 5) is 11.2. The Kier molecular flexibility index (Phi) is 5.56. The Bertz CT molecular complexity index is 349. The molecule has 5 heteroatoms. The summed E-state index contributed by atoms with van der Waals surface area (Å²) < 4.78 is 1.88. The number of aliphatic hydroxyl groups excluding tert-OH is 1. The van der Waals surface area contributed by atoms with E-state index in [2.05, 4.69) is 10.6 Å². The Balaban J connectivity index is 2.23. The molecular weight excluding hydrogens is 218 g/mol. The molecule has 1 heterocycles. The monoisotopic (exact) mass is 239 g/mol. The molecule has 2 amide bonds. The second-order valence-electron chi connectivity index (χ2n) is 4.03. The second kappa shape index (κ2) is 6.96. The van der Waals surface area contributed by atoms with Gasteiger partial charge in [-0.05, 0) is 25.0 Å². The molecule has 0 radical (unpaired) electrons. The number of hydrogen-bond donors (Lipinski definition) is 3. The second-order valence-corrected chi connectivity index (χ2v) is 4.03. The topological polar surface area (TPSA) is 66.3 Å². The van der Waals surface area contributed by atoms with Crippen molar-refractivity contribution in [2.24, 2.45) is 7.05 Å². The third kappa shape index (κ3) is 4.48. The van der Waals surface area contributed by atoms with E-state index in [9.17, 15) is 9.90 Å². The lowest BCUT2D eigenvalue weighted by atomic mass is 10.2. The number of amides is 2. The molecule has 17 heavy (non-hydrogen) atoms. The van der Waals surface area contributed by atoms with Crippen molar-refractivity contribution in [3.05, 3.63) is 24.0 Å². The van der Waals surface area contributed by atoms with E-state index in [0.717, 1.165) is 12.1 Å². The molecule has 1 unspecified atom stereocenters. The van der Waals surface area contributed by atoms with Gasteiger partial charge in [-0.15, -0.1) is 0 Å². The highest BCUT2D eigenvalue weighted by atomic mass is 16.3. The molecule has 1 aromatic rings. The molecule has 0 bridgehead atoms. The number of nitrogens with zero attached hydrogens (tertiary/aromatic N) is 1. The van der Waals surface area contributed by atoms with Gasteiger partial charge in [0, 0.05) is 32.0 Å². The van der Waals surface area contributed by atoms with Gasteiger partial charge in [-0.2, -0.15) is 0 Å². The van der Waals surface area contributed by atoms with E-state index in [1.54, 1.807) is 0 Å². The van der Waals surface area contributed by atoms with Crippen LogP contribution in [-0.2, 0) is 7.05 Å². The Hall–Kier alpha value is -1.49. The van der Waals surface area contributed by atoms with Crippen LogP contribution in [0, 0.1) is 0 Å². The Labute approximate surface area is 102 Å². The van der Waals surface area contributed by atoms with Crippen molar-refractivity contribution in [2.75, 3.05) is 13.1 Å². The van der Waals surface area contributed by atoms with Crippen LogP contribution >= 0.6 is 0 Å². The van der Waals surface area contributed by atoms with Crippen molar-refractivity contribution < 1.29 is 9.90 Å². The average molecular weight is 239 g/mol. The van der Waals surface area contributed by atoms with Crippen LogP contribution in [0.25, 0.3) is 0 Å². The molecule has 0 saturated heterocycles. The maximum Gasteiger partial charge on any atom is 0.314 e. The lowest BCUT2D eigenvalue weighted by Crippen LogP contribution is -2.36. The summed E-state index contributed by atoms with van der Waals surface area (Å²) in [6, 6.07) is 3.59. The van der Waals surface area contributed by atoms with Gasteiger partial charge in [-0.25, -0.2) is 4.79 Å². The Morgan fingerprint density at radius 2 is 2.18 bits per heavy atom. The molecule has 0 fully saturated rings. The zero-order chi connectivity index (χ0) is 12.7. The average Bonchev–Trinajstić information content (AvgIpc) is 2.72. The molecule has 5 nitrogen and oxygen atoms in total. The fraction of sp³-hybridized carbons (Fsp3) is 0.583. The van der Waals surface area contributed by atoms with Crippen LogP contribution in [0.2, 0.25) is 0 Å². The van der Waals surface area contributed by atoms with Crippen molar-refractivity contribution in [1.29, 1.82) is 0 Å². The minimum Gasteiger partial charge on any atom is -0.387 e. The molecular formula is C12H21N3O2. The van der Waals surface area contributed by atoms with Crippen LogP contribution in [0.3, 0.4) is 0 Å².